The summed E-state index contributed by atoms with van der Waals surface area (Å²) in [6.07, 6.45) is 0. The van der Waals surface area contributed by atoms with Crippen LogP contribution >= 0.6 is 0 Å². The Morgan fingerprint density at radius 2 is 2.20 bits per heavy atom. The molecule has 1 aromatic carbocycles. The molecule has 0 amide bonds. The van der Waals surface area contributed by atoms with Crippen LogP contribution < -0.4 is 10.6 Å². The lowest BCUT2D eigenvalue weighted by molar-refractivity contribution is 0.318. The molecule has 15 heavy (non-hydrogen) atoms. The molecule has 0 aromatic heterocycles. The van der Waals surface area contributed by atoms with Gasteiger partial charge in [0.2, 0.25) is 0 Å². The lowest BCUT2D eigenvalue weighted by Crippen LogP contribution is -2.22. The van der Waals surface area contributed by atoms with Crippen molar-refractivity contribution in [3.63, 3.8) is 0 Å². The maximum atomic E-state index is 8.68. The van der Waals surface area contributed by atoms with Crippen LogP contribution in [0.1, 0.15) is 18.1 Å². The molecule has 0 spiro atoms. The monoisotopic (exact) mass is 207 g/mol. The van der Waals surface area contributed by atoms with Gasteiger partial charge in [-0.05, 0) is 31.5 Å². The number of nitrogens with zero attached hydrogens (tertiary/aromatic N) is 2. The molecule has 0 atom stereocenters. The summed E-state index contributed by atoms with van der Waals surface area (Å²) < 4.78 is 0. The zero-order valence-electron chi connectivity index (χ0n) is 9.36. The highest BCUT2D eigenvalue weighted by molar-refractivity contribution is 6.02. The predicted molar refractivity (Wildman–Crippen MR) is 62.6 cm³/mol. The smallest absolute Gasteiger partial charge is 0.172 e. The van der Waals surface area contributed by atoms with Crippen molar-refractivity contribution in [3.8, 4) is 0 Å². The van der Waals surface area contributed by atoms with Crippen molar-refractivity contribution >= 4 is 11.5 Å². The summed E-state index contributed by atoms with van der Waals surface area (Å²) in [7, 11) is 1.98. The standard InChI is InChI=1S/C11H17N3O/c1-4-14(3)10-7-8(2)5-6-9(10)11(12)13-15/h5-7,15H,4H2,1-3H3,(H2,12,13). The van der Waals surface area contributed by atoms with E-state index in [1.165, 1.54) is 0 Å². The molecule has 0 unspecified atom stereocenters. The maximum absolute atomic E-state index is 8.68. The van der Waals surface area contributed by atoms with Gasteiger partial charge in [-0.2, -0.15) is 0 Å². The first-order valence-electron chi connectivity index (χ1n) is 4.89. The Morgan fingerprint density at radius 3 is 2.73 bits per heavy atom. The summed E-state index contributed by atoms with van der Waals surface area (Å²) in [5.74, 6) is 0.144. The molecule has 1 aromatic rings. The fourth-order valence-corrected chi connectivity index (χ4v) is 1.40. The molecule has 0 aliphatic heterocycles. The minimum atomic E-state index is 0.144. The Morgan fingerprint density at radius 1 is 1.53 bits per heavy atom. The van der Waals surface area contributed by atoms with E-state index in [1.807, 2.05) is 32.2 Å². The highest BCUT2D eigenvalue weighted by Gasteiger charge is 2.09. The van der Waals surface area contributed by atoms with Crippen LogP contribution in [-0.4, -0.2) is 24.6 Å². The predicted octanol–water partition coefficient (Wildman–Crippen LogP) is 1.55. The lowest BCUT2D eigenvalue weighted by Gasteiger charge is -2.20. The van der Waals surface area contributed by atoms with E-state index in [0.717, 1.165) is 23.4 Å². The molecule has 0 saturated heterocycles. The number of amidine groups is 1. The molecule has 0 aliphatic carbocycles. The SMILES string of the molecule is CCN(C)c1cc(C)ccc1C(N)=NO. The summed E-state index contributed by atoms with van der Waals surface area (Å²) in [5.41, 5.74) is 8.50. The highest BCUT2D eigenvalue weighted by atomic mass is 16.4. The third-order valence-electron chi connectivity index (χ3n) is 2.42. The molecule has 0 radical (unpaired) electrons. The minimum Gasteiger partial charge on any atom is -0.409 e. The first-order chi connectivity index (χ1) is 7.10. The van der Waals surface area contributed by atoms with Gasteiger partial charge in [-0.15, -0.1) is 0 Å². The molecule has 0 fully saturated rings. The first kappa shape index (κ1) is 11.4. The van der Waals surface area contributed by atoms with E-state index in [0.29, 0.717) is 0 Å². The number of benzene rings is 1. The second kappa shape index (κ2) is 4.68. The molecule has 0 saturated carbocycles. The van der Waals surface area contributed by atoms with Gasteiger partial charge in [0.1, 0.15) is 0 Å². The molecule has 0 heterocycles. The fraction of sp³-hybridized carbons (Fsp3) is 0.364. The third kappa shape index (κ3) is 2.40. The quantitative estimate of drug-likeness (QED) is 0.342. The van der Waals surface area contributed by atoms with Crippen LogP contribution in [0, 0.1) is 6.92 Å². The van der Waals surface area contributed by atoms with Gasteiger partial charge in [0.15, 0.2) is 5.84 Å². The van der Waals surface area contributed by atoms with Gasteiger partial charge in [-0.3, -0.25) is 0 Å². The van der Waals surface area contributed by atoms with Crippen molar-refractivity contribution in [1.82, 2.24) is 0 Å². The van der Waals surface area contributed by atoms with E-state index in [4.69, 9.17) is 10.9 Å². The summed E-state index contributed by atoms with van der Waals surface area (Å²) in [5, 5.41) is 11.7. The van der Waals surface area contributed by atoms with E-state index >= 15 is 0 Å². The number of nitrogens with two attached hydrogens (primary N) is 1. The van der Waals surface area contributed by atoms with Crippen LogP contribution in [0.4, 0.5) is 5.69 Å². The Hall–Kier alpha value is -1.71. The summed E-state index contributed by atoms with van der Waals surface area (Å²) in [6, 6.07) is 5.84. The van der Waals surface area contributed by atoms with E-state index in [1.54, 1.807) is 0 Å². The normalized spacial score (nSPS) is 11.5. The molecule has 1 rings (SSSR count). The van der Waals surface area contributed by atoms with Crippen molar-refractivity contribution in [2.75, 3.05) is 18.5 Å². The summed E-state index contributed by atoms with van der Waals surface area (Å²) in [6.45, 7) is 4.94. The average Bonchev–Trinajstić information content (AvgIpc) is 2.26. The summed E-state index contributed by atoms with van der Waals surface area (Å²) >= 11 is 0. The van der Waals surface area contributed by atoms with Gasteiger partial charge in [-0.25, -0.2) is 0 Å². The van der Waals surface area contributed by atoms with Crippen molar-refractivity contribution in [2.45, 2.75) is 13.8 Å². The molecular formula is C11H17N3O. The van der Waals surface area contributed by atoms with E-state index in [2.05, 4.69) is 17.0 Å². The number of rotatable bonds is 3. The molecule has 3 N–H and O–H groups in total. The van der Waals surface area contributed by atoms with Gasteiger partial charge < -0.3 is 15.8 Å². The molecule has 0 aliphatic rings. The van der Waals surface area contributed by atoms with Gasteiger partial charge >= 0.3 is 0 Å². The van der Waals surface area contributed by atoms with Crippen LogP contribution in [-0.2, 0) is 0 Å². The van der Waals surface area contributed by atoms with Crippen LogP contribution in [0.3, 0.4) is 0 Å². The largest absolute Gasteiger partial charge is 0.409 e. The second-order valence-corrected chi connectivity index (χ2v) is 3.52. The van der Waals surface area contributed by atoms with Crippen molar-refractivity contribution in [2.24, 2.45) is 10.9 Å². The minimum absolute atomic E-state index is 0.144. The van der Waals surface area contributed by atoms with Crippen LogP contribution in [0.2, 0.25) is 0 Å². The average molecular weight is 207 g/mol. The molecule has 0 bridgehead atoms. The van der Waals surface area contributed by atoms with Crippen LogP contribution in [0.25, 0.3) is 0 Å². The Labute approximate surface area is 90.0 Å². The number of hydrogen-bond acceptors (Lipinski definition) is 3. The van der Waals surface area contributed by atoms with Gasteiger partial charge in [-0.1, -0.05) is 11.2 Å². The second-order valence-electron chi connectivity index (χ2n) is 3.52. The highest BCUT2D eigenvalue weighted by Crippen LogP contribution is 2.20. The molecule has 4 heteroatoms. The van der Waals surface area contributed by atoms with Crippen molar-refractivity contribution in [1.29, 1.82) is 0 Å². The zero-order valence-corrected chi connectivity index (χ0v) is 9.36. The van der Waals surface area contributed by atoms with Gasteiger partial charge in [0, 0.05) is 24.8 Å². The Bertz CT molecular complexity index is 374. The van der Waals surface area contributed by atoms with Crippen molar-refractivity contribution < 1.29 is 5.21 Å². The van der Waals surface area contributed by atoms with Gasteiger partial charge in [0.05, 0.1) is 0 Å². The Balaban J connectivity index is 3.26. The number of aryl methyl sites for hydroxylation is 1. The van der Waals surface area contributed by atoms with E-state index in [-0.39, 0.29) is 5.84 Å². The first-order valence-corrected chi connectivity index (χ1v) is 4.89. The number of hydrogen-bond donors (Lipinski definition) is 2. The summed E-state index contributed by atoms with van der Waals surface area (Å²) in [4.78, 5) is 2.06. The fourth-order valence-electron chi connectivity index (χ4n) is 1.40. The number of oxime groups is 1. The van der Waals surface area contributed by atoms with Crippen molar-refractivity contribution in [3.05, 3.63) is 29.3 Å². The zero-order chi connectivity index (χ0) is 11.4. The van der Waals surface area contributed by atoms with Gasteiger partial charge in [0.25, 0.3) is 0 Å². The Kier molecular flexibility index (Phi) is 3.55. The van der Waals surface area contributed by atoms with E-state index < -0.39 is 0 Å². The lowest BCUT2D eigenvalue weighted by atomic mass is 10.1. The van der Waals surface area contributed by atoms with E-state index in [9.17, 15) is 0 Å². The number of anilines is 1. The maximum Gasteiger partial charge on any atom is 0.172 e. The third-order valence-corrected chi connectivity index (χ3v) is 2.42. The molecule has 4 nitrogen and oxygen atoms in total. The molecular weight excluding hydrogens is 190 g/mol. The molecule has 82 valence electrons. The van der Waals surface area contributed by atoms with Crippen LogP contribution in [0.15, 0.2) is 23.4 Å². The topological polar surface area (TPSA) is 61.8 Å². The van der Waals surface area contributed by atoms with Crippen LogP contribution in [0.5, 0.6) is 0 Å².